The Balaban J connectivity index is 1.52. The van der Waals surface area contributed by atoms with Crippen molar-refractivity contribution < 1.29 is 19.0 Å². The number of nitrogens with one attached hydrogen (secondary N) is 1. The van der Waals surface area contributed by atoms with E-state index < -0.39 is 0 Å². The lowest BCUT2D eigenvalue weighted by atomic mass is 10.0. The molecule has 30 heavy (non-hydrogen) atoms. The Morgan fingerprint density at radius 2 is 1.67 bits per heavy atom. The number of benzene rings is 2. The molecule has 162 valence electrons. The van der Waals surface area contributed by atoms with E-state index in [0.717, 1.165) is 32.1 Å². The maximum atomic E-state index is 12.9. The van der Waals surface area contributed by atoms with Crippen LogP contribution in [0.25, 0.3) is 0 Å². The Morgan fingerprint density at radius 3 is 2.40 bits per heavy atom. The highest BCUT2D eigenvalue weighted by atomic mass is 16.5. The Morgan fingerprint density at radius 1 is 1.00 bits per heavy atom. The quantitative estimate of drug-likeness (QED) is 0.607. The van der Waals surface area contributed by atoms with E-state index >= 15 is 0 Å². The number of hydrogen-bond acceptors (Lipinski definition) is 5. The van der Waals surface area contributed by atoms with Crippen LogP contribution < -0.4 is 14.8 Å². The van der Waals surface area contributed by atoms with Crippen molar-refractivity contribution in [3.63, 3.8) is 0 Å². The third-order valence-electron chi connectivity index (χ3n) is 5.24. The molecule has 2 aromatic carbocycles. The third-order valence-corrected chi connectivity index (χ3v) is 5.24. The summed E-state index contributed by atoms with van der Waals surface area (Å²) < 4.78 is 17.0. The van der Waals surface area contributed by atoms with E-state index in [1.54, 1.807) is 6.07 Å². The van der Waals surface area contributed by atoms with E-state index in [0.29, 0.717) is 37.0 Å². The van der Waals surface area contributed by atoms with Gasteiger partial charge in [-0.25, -0.2) is 0 Å². The Kier molecular flexibility index (Phi) is 8.53. The van der Waals surface area contributed by atoms with Gasteiger partial charge in [0.05, 0.1) is 18.8 Å². The Labute approximate surface area is 179 Å². The van der Waals surface area contributed by atoms with Crippen molar-refractivity contribution in [1.29, 1.82) is 0 Å². The summed E-state index contributed by atoms with van der Waals surface area (Å²) in [5.41, 5.74) is 0.543. The second kappa shape index (κ2) is 11.6. The number of hydrogen-bond donors (Lipinski definition) is 1. The summed E-state index contributed by atoms with van der Waals surface area (Å²) in [6.07, 6.45) is 0. The first-order chi connectivity index (χ1) is 14.6. The van der Waals surface area contributed by atoms with Crippen molar-refractivity contribution in [3.05, 3.63) is 60.2 Å². The fraction of sp³-hybridized carbons (Fsp3) is 0.458. The van der Waals surface area contributed by atoms with Crippen molar-refractivity contribution >= 4 is 5.91 Å². The lowest BCUT2D eigenvalue weighted by molar-refractivity contribution is 0.00672. The zero-order valence-electron chi connectivity index (χ0n) is 17.9. The van der Waals surface area contributed by atoms with Crippen LogP contribution in [0, 0.1) is 5.92 Å². The molecule has 0 aromatic heterocycles. The minimum Gasteiger partial charge on any atom is -0.490 e. The van der Waals surface area contributed by atoms with Crippen molar-refractivity contribution in [2.45, 2.75) is 19.9 Å². The Hall–Kier alpha value is -2.57. The van der Waals surface area contributed by atoms with Gasteiger partial charge in [0.2, 0.25) is 0 Å². The largest absolute Gasteiger partial charge is 0.490 e. The molecular weight excluding hydrogens is 380 g/mol. The van der Waals surface area contributed by atoms with Crippen LogP contribution in [0.3, 0.4) is 0 Å². The topological polar surface area (TPSA) is 60.0 Å². The number of amides is 1. The van der Waals surface area contributed by atoms with E-state index in [-0.39, 0.29) is 11.9 Å². The maximum absolute atomic E-state index is 12.9. The van der Waals surface area contributed by atoms with Crippen LogP contribution in [0.1, 0.15) is 24.2 Å². The minimum absolute atomic E-state index is 0.117. The summed E-state index contributed by atoms with van der Waals surface area (Å²) in [6, 6.07) is 17.2. The summed E-state index contributed by atoms with van der Waals surface area (Å²) in [7, 11) is 0. The zero-order chi connectivity index (χ0) is 21.2. The molecule has 0 saturated carbocycles. The molecule has 1 aliphatic rings. The van der Waals surface area contributed by atoms with Crippen molar-refractivity contribution in [2.24, 2.45) is 5.92 Å². The molecule has 3 rings (SSSR count). The fourth-order valence-electron chi connectivity index (χ4n) is 3.60. The molecule has 1 fully saturated rings. The average molecular weight is 413 g/mol. The summed E-state index contributed by atoms with van der Waals surface area (Å²) in [4.78, 5) is 15.3. The number of ether oxygens (including phenoxy) is 3. The fourth-order valence-corrected chi connectivity index (χ4v) is 3.60. The van der Waals surface area contributed by atoms with Gasteiger partial charge in [0, 0.05) is 25.7 Å². The number of nitrogens with zero attached hydrogens (tertiary/aromatic N) is 1. The summed E-state index contributed by atoms with van der Waals surface area (Å²) in [5, 5.41) is 3.10. The molecule has 0 aliphatic carbocycles. The van der Waals surface area contributed by atoms with Crippen molar-refractivity contribution in [2.75, 3.05) is 46.1 Å². The van der Waals surface area contributed by atoms with Gasteiger partial charge >= 0.3 is 0 Å². The van der Waals surface area contributed by atoms with Crippen LogP contribution in [-0.2, 0) is 4.74 Å². The van der Waals surface area contributed by atoms with E-state index in [1.807, 2.05) is 48.5 Å². The second-order valence-corrected chi connectivity index (χ2v) is 7.68. The SMILES string of the molecule is CC(C)C(CNC(=O)c1ccccc1OCCOc1ccccc1)N1CCOCC1. The lowest BCUT2D eigenvalue weighted by Gasteiger charge is -2.36. The highest BCUT2D eigenvalue weighted by molar-refractivity contribution is 5.96. The van der Waals surface area contributed by atoms with Crippen molar-refractivity contribution in [3.8, 4) is 11.5 Å². The summed E-state index contributed by atoms with van der Waals surface area (Å²) in [5.74, 6) is 1.69. The smallest absolute Gasteiger partial charge is 0.255 e. The predicted molar refractivity (Wildman–Crippen MR) is 117 cm³/mol. The first-order valence-corrected chi connectivity index (χ1v) is 10.6. The molecule has 1 amide bonds. The van der Waals surface area contributed by atoms with Gasteiger partial charge < -0.3 is 19.5 Å². The van der Waals surface area contributed by atoms with Gasteiger partial charge in [-0.1, -0.05) is 44.2 Å². The van der Waals surface area contributed by atoms with Gasteiger partial charge in [0.1, 0.15) is 24.7 Å². The molecule has 0 spiro atoms. The first-order valence-electron chi connectivity index (χ1n) is 10.6. The monoisotopic (exact) mass is 412 g/mol. The average Bonchev–Trinajstić information content (AvgIpc) is 2.78. The predicted octanol–water partition coefficient (Wildman–Crippen LogP) is 3.23. The number of rotatable bonds is 10. The highest BCUT2D eigenvalue weighted by Gasteiger charge is 2.24. The van der Waals surface area contributed by atoms with Crippen LogP contribution in [-0.4, -0.2) is 62.9 Å². The van der Waals surface area contributed by atoms with Gasteiger partial charge in [0.25, 0.3) is 5.91 Å². The van der Waals surface area contributed by atoms with Gasteiger partial charge in [0.15, 0.2) is 0 Å². The number of para-hydroxylation sites is 2. The molecule has 0 bridgehead atoms. The maximum Gasteiger partial charge on any atom is 0.255 e. The normalized spacial score (nSPS) is 15.6. The van der Waals surface area contributed by atoms with E-state index in [2.05, 4.69) is 24.1 Å². The lowest BCUT2D eigenvalue weighted by Crippen LogP contribution is -2.51. The molecular formula is C24H32N2O4. The molecule has 1 atom stereocenters. The second-order valence-electron chi connectivity index (χ2n) is 7.68. The Bertz CT molecular complexity index is 776. The standard InChI is InChI=1S/C24H32N2O4/c1-19(2)22(26-12-14-28-15-13-26)18-25-24(27)21-10-6-7-11-23(21)30-17-16-29-20-8-4-3-5-9-20/h3-11,19,22H,12-18H2,1-2H3,(H,25,27). The van der Waals surface area contributed by atoms with E-state index in [4.69, 9.17) is 14.2 Å². The van der Waals surface area contributed by atoms with Gasteiger partial charge in [-0.2, -0.15) is 0 Å². The highest BCUT2D eigenvalue weighted by Crippen LogP contribution is 2.19. The first kappa shape index (κ1) is 22.1. The van der Waals surface area contributed by atoms with Crippen LogP contribution in [0.2, 0.25) is 0 Å². The van der Waals surface area contributed by atoms with Gasteiger partial charge in [-0.15, -0.1) is 0 Å². The summed E-state index contributed by atoms with van der Waals surface area (Å²) >= 11 is 0. The number of carbonyl (C=O) groups is 1. The van der Waals surface area contributed by atoms with E-state index in [9.17, 15) is 4.79 Å². The third kappa shape index (κ3) is 6.47. The number of morpholine rings is 1. The molecule has 1 saturated heterocycles. The van der Waals surface area contributed by atoms with Crippen molar-refractivity contribution in [1.82, 2.24) is 10.2 Å². The molecule has 6 nitrogen and oxygen atoms in total. The van der Waals surface area contributed by atoms with Crippen LogP contribution in [0.4, 0.5) is 0 Å². The minimum atomic E-state index is -0.117. The van der Waals surface area contributed by atoms with Gasteiger partial charge in [-0.3, -0.25) is 9.69 Å². The molecule has 1 N–H and O–H groups in total. The number of carbonyl (C=O) groups excluding carboxylic acids is 1. The molecule has 1 unspecified atom stereocenters. The molecule has 1 heterocycles. The van der Waals surface area contributed by atoms with Crippen LogP contribution in [0.15, 0.2) is 54.6 Å². The van der Waals surface area contributed by atoms with Crippen LogP contribution >= 0.6 is 0 Å². The molecule has 1 aliphatic heterocycles. The zero-order valence-corrected chi connectivity index (χ0v) is 17.9. The summed E-state index contributed by atoms with van der Waals surface area (Å²) in [6.45, 7) is 9.06. The molecule has 2 aromatic rings. The van der Waals surface area contributed by atoms with Gasteiger partial charge in [-0.05, 0) is 30.2 Å². The molecule has 0 radical (unpaired) electrons. The van der Waals surface area contributed by atoms with Crippen LogP contribution in [0.5, 0.6) is 11.5 Å². The van der Waals surface area contributed by atoms with E-state index in [1.165, 1.54) is 0 Å². The molecule has 6 heteroatoms.